The summed E-state index contributed by atoms with van der Waals surface area (Å²) in [4.78, 5) is 4.75. The van der Waals surface area contributed by atoms with Crippen LogP contribution in [0.4, 0.5) is 28.4 Å². The molecule has 0 amide bonds. The largest absolute Gasteiger partial charge is 0.497 e. The number of thiophene rings is 1. The van der Waals surface area contributed by atoms with Gasteiger partial charge in [0, 0.05) is 54.3 Å². The van der Waals surface area contributed by atoms with E-state index < -0.39 is 0 Å². The number of benzene rings is 7. The standard InChI is InChI=1S/C48H38N2O2S/c1-51-41-25-21-37(22-26-41)50(38-23-27-42(52-2)28-24-38)40-31-34(30-39(32-40)49(35-13-5-3-6-14-35)36-15-7-4-8-16-36)44-18-11-19-45-46-29-20-33-12-9-10-17-43(33)47(46)53-48(44)45/h3-7,9-15,17-32H,8,16H2,1-2H3. The molecule has 1 aromatic heterocycles. The van der Waals surface area contributed by atoms with Crippen molar-refractivity contribution in [2.24, 2.45) is 0 Å². The molecule has 0 fully saturated rings. The Morgan fingerprint density at radius 2 is 1.13 bits per heavy atom. The van der Waals surface area contributed by atoms with Crippen LogP contribution < -0.4 is 19.3 Å². The first kappa shape index (κ1) is 32.6. The molecule has 258 valence electrons. The second-order valence-electron chi connectivity index (χ2n) is 13.2. The Labute approximate surface area is 314 Å². The van der Waals surface area contributed by atoms with Gasteiger partial charge in [0.05, 0.1) is 14.2 Å². The van der Waals surface area contributed by atoms with Crippen LogP contribution in [0, 0.1) is 0 Å². The van der Waals surface area contributed by atoms with Gasteiger partial charge in [-0.15, -0.1) is 11.3 Å². The lowest BCUT2D eigenvalue weighted by atomic mass is 9.99. The topological polar surface area (TPSA) is 24.9 Å². The third kappa shape index (κ3) is 6.09. The second kappa shape index (κ2) is 14.0. The lowest BCUT2D eigenvalue weighted by molar-refractivity contribution is 0.415. The second-order valence-corrected chi connectivity index (χ2v) is 14.2. The molecule has 0 spiro atoms. The van der Waals surface area contributed by atoms with Crippen molar-refractivity contribution in [1.29, 1.82) is 0 Å². The Morgan fingerprint density at radius 3 is 1.81 bits per heavy atom. The number of hydrogen-bond donors (Lipinski definition) is 0. The van der Waals surface area contributed by atoms with Gasteiger partial charge < -0.3 is 19.3 Å². The van der Waals surface area contributed by atoms with Crippen LogP contribution in [0.3, 0.4) is 0 Å². The monoisotopic (exact) mass is 706 g/mol. The molecule has 1 aliphatic rings. The van der Waals surface area contributed by atoms with Gasteiger partial charge in [0.15, 0.2) is 0 Å². The van der Waals surface area contributed by atoms with Crippen LogP contribution in [-0.4, -0.2) is 14.2 Å². The molecular weight excluding hydrogens is 669 g/mol. The summed E-state index contributed by atoms with van der Waals surface area (Å²) < 4.78 is 13.8. The number of fused-ring (bicyclic) bond motifs is 5. The van der Waals surface area contributed by atoms with Crippen LogP contribution >= 0.6 is 11.3 Å². The van der Waals surface area contributed by atoms with E-state index in [1.165, 1.54) is 42.2 Å². The Hall–Kier alpha value is -6.30. The van der Waals surface area contributed by atoms with Crippen molar-refractivity contribution in [1.82, 2.24) is 0 Å². The van der Waals surface area contributed by atoms with E-state index in [1.54, 1.807) is 14.2 Å². The van der Waals surface area contributed by atoms with E-state index >= 15 is 0 Å². The third-order valence-corrected chi connectivity index (χ3v) is 11.4. The highest BCUT2D eigenvalue weighted by molar-refractivity contribution is 7.27. The van der Waals surface area contributed by atoms with E-state index in [9.17, 15) is 0 Å². The molecule has 7 aromatic carbocycles. The van der Waals surface area contributed by atoms with Crippen molar-refractivity contribution < 1.29 is 9.47 Å². The number of allylic oxidation sites excluding steroid dienone is 4. The summed E-state index contributed by atoms with van der Waals surface area (Å²) in [5.41, 5.74) is 8.95. The first-order chi connectivity index (χ1) is 26.2. The van der Waals surface area contributed by atoms with Crippen molar-refractivity contribution in [2.75, 3.05) is 24.0 Å². The maximum Gasteiger partial charge on any atom is 0.119 e. The fourth-order valence-electron chi connectivity index (χ4n) is 7.51. The molecule has 9 rings (SSSR count). The predicted octanol–water partition coefficient (Wildman–Crippen LogP) is 13.7. The number of ether oxygens (including phenoxy) is 2. The molecule has 1 aliphatic carbocycles. The molecular formula is C48H38N2O2S. The van der Waals surface area contributed by atoms with Crippen molar-refractivity contribution in [3.8, 4) is 22.6 Å². The zero-order valence-corrected chi connectivity index (χ0v) is 30.5. The van der Waals surface area contributed by atoms with Crippen molar-refractivity contribution in [3.63, 3.8) is 0 Å². The van der Waals surface area contributed by atoms with E-state index in [2.05, 4.69) is 155 Å². The Kier molecular flexibility index (Phi) is 8.62. The number of anilines is 5. The molecule has 0 N–H and O–H groups in total. The molecule has 5 heteroatoms. The molecule has 53 heavy (non-hydrogen) atoms. The van der Waals surface area contributed by atoms with E-state index in [-0.39, 0.29) is 0 Å². The summed E-state index contributed by atoms with van der Waals surface area (Å²) in [6.45, 7) is 0. The molecule has 0 atom stereocenters. The number of rotatable bonds is 9. The Balaban J connectivity index is 1.32. The Morgan fingerprint density at radius 1 is 0.509 bits per heavy atom. The van der Waals surface area contributed by atoms with E-state index in [4.69, 9.17) is 9.47 Å². The molecule has 8 aromatic rings. The number of hydrogen-bond acceptors (Lipinski definition) is 5. The normalized spacial score (nSPS) is 12.6. The van der Waals surface area contributed by atoms with Crippen LogP contribution in [0.2, 0.25) is 0 Å². The summed E-state index contributed by atoms with van der Waals surface area (Å²) in [5.74, 6) is 1.63. The summed E-state index contributed by atoms with van der Waals surface area (Å²) in [6, 6.07) is 54.3. The summed E-state index contributed by atoms with van der Waals surface area (Å²) in [7, 11) is 3.41. The minimum Gasteiger partial charge on any atom is -0.497 e. The average Bonchev–Trinajstić information content (AvgIpc) is 3.62. The lowest BCUT2D eigenvalue weighted by Crippen LogP contribution is -2.18. The van der Waals surface area contributed by atoms with Gasteiger partial charge in [-0.2, -0.15) is 0 Å². The van der Waals surface area contributed by atoms with Crippen LogP contribution in [0.15, 0.2) is 176 Å². The molecule has 0 radical (unpaired) electrons. The summed E-state index contributed by atoms with van der Waals surface area (Å²) in [5, 5.41) is 5.14. The molecule has 4 nitrogen and oxygen atoms in total. The van der Waals surface area contributed by atoms with Crippen molar-refractivity contribution in [2.45, 2.75) is 12.8 Å². The quantitative estimate of drug-likeness (QED) is 0.149. The van der Waals surface area contributed by atoms with Crippen molar-refractivity contribution in [3.05, 3.63) is 176 Å². The minimum absolute atomic E-state index is 0.814. The van der Waals surface area contributed by atoms with Crippen LogP contribution in [-0.2, 0) is 0 Å². The smallest absolute Gasteiger partial charge is 0.119 e. The third-order valence-electron chi connectivity index (χ3n) is 10.1. The van der Waals surface area contributed by atoms with Gasteiger partial charge >= 0.3 is 0 Å². The number of para-hydroxylation sites is 1. The van der Waals surface area contributed by atoms with E-state index in [1.807, 2.05) is 35.6 Å². The zero-order chi connectivity index (χ0) is 35.7. The maximum atomic E-state index is 5.57. The fraction of sp³-hybridized carbons (Fsp3) is 0.0833. The minimum atomic E-state index is 0.814. The van der Waals surface area contributed by atoms with Gasteiger partial charge in [-0.25, -0.2) is 0 Å². The molecule has 0 unspecified atom stereocenters. The van der Waals surface area contributed by atoms with E-state index in [0.29, 0.717) is 0 Å². The number of methoxy groups -OCH3 is 2. The zero-order valence-electron chi connectivity index (χ0n) is 29.7. The molecule has 0 aliphatic heterocycles. The van der Waals surface area contributed by atoms with Gasteiger partial charge in [-0.1, -0.05) is 84.9 Å². The summed E-state index contributed by atoms with van der Waals surface area (Å²) in [6.07, 6.45) is 8.63. The van der Waals surface area contributed by atoms with Crippen LogP contribution in [0.25, 0.3) is 42.1 Å². The number of nitrogens with zero attached hydrogens (tertiary/aromatic N) is 2. The molecule has 0 saturated heterocycles. The first-order valence-corrected chi connectivity index (χ1v) is 18.8. The molecule has 0 saturated carbocycles. The predicted molar refractivity (Wildman–Crippen MR) is 225 cm³/mol. The van der Waals surface area contributed by atoms with Crippen LogP contribution in [0.5, 0.6) is 11.5 Å². The summed E-state index contributed by atoms with van der Waals surface area (Å²) >= 11 is 1.89. The highest BCUT2D eigenvalue weighted by Crippen LogP contribution is 2.47. The lowest BCUT2D eigenvalue weighted by Gasteiger charge is -2.32. The molecule has 1 heterocycles. The highest BCUT2D eigenvalue weighted by atomic mass is 32.1. The highest BCUT2D eigenvalue weighted by Gasteiger charge is 2.22. The van der Waals surface area contributed by atoms with Gasteiger partial charge in [0.25, 0.3) is 0 Å². The van der Waals surface area contributed by atoms with Gasteiger partial charge in [0.1, 0.15) is 11.5 Å². The fourth-order valence-corrected chi connectivity index (χ4v) is 8.88. The maximum absolute atomic E-state index is 5.57. The van der Waals surface area contributed by atoms with Crippen LogP contribution in [0.1, 0.15) is 12.8 Å². The van der Waals surface area contributed by atoms with E-state index in [0.717, 1.165) is 58.3 Å². The first-order valence-electron chi connectivity index (χ1n) is 18.0. The van der Waals surface area contributed by atoms with Gasteiger partial charge in [-0.05, 0) is 120 Å². The van der Waals surface area contributed by atoms with Gasteiger partial charge in [0.2, 0.25) is 0 Å². The SMILES string of the molecule is COc1ccc(N(c2ccc(OC)cc2)c2cc(-c3cccc4c3sc3c5ccccc5ccc43)cc(N(C3=CC=CCC3)c3ccccc3)c2)cc1. The average molecular weight is 707 g/mol. The van der Waals surface area contributed by atoms with Crippen molar-refractivity contribution >= 4 is 70.7 Å². The van der Waals surface area contributed by atoms with Gasteiger partial charge in [-0.3, -0.25) is 0 Å². The molecule has 0 bridgehead atoms. The Bertz CT molecular complexity index is 2590.